The molecule has 1 aromatic carbocycles. The van der Waals surface area contributed by atoms with Gasteiger partial charge in [-0.1, -0.05) is 6.07 Å². The second kappa shape index (κ2) is 6.40. The van der Waals surface area contributed by atoms with Crippen LogP contribution in [0.1, 0.15) is 17.5 Å². The summed E-state index contributed by atoms with van der Waals surface area (Å²) in [7, 11) is 2.98. The summed E-state index contributed by atoms with van der Waals surface area (Å²) in [6, 6.07) is 7.72. The molecular formula is C15H18N2O3. The van der Waals surface area contributed by atoms with E-state index >= 15 is 0 Å². The number of esters is 1. The van der Waals surface area contributed by atoms with Crippen molar-refractivity contribution in [2.45, 2.75) is 13.0 Å². The molecule has 0 bridgehead atoms. The van der Waals surface area contributed by atoms with Crippen molar-refractivity contribution < 1.29 is 14.3 Å². The fourth-order valence-corrected chi connectivity index (χ4v) is 2.53. The topological polar surface area (TPSA) is 62.6 Å². The van der Waals surface area contributed by atoms with Gasteiger partial charge in [0.05, 0.1) is 25.7 Å². The molecule has 0 spiro atoms. The number of hydrogen-bond acceptors (Lipinski definition) is 5. The van der Waals surface area contributed by atoms with E-state index in [1.807, 2.05) is 18.2 Å². The van der Waals surface area contributed by atoms with Crippen molar-refractivity contribution in [1.29, 1.82) is 5.26 Å². The molecule has 1 aliphatic heterocycles. The third-order valence-electron chi connectivity index (χ3n) is 3.60. The maximum absolute atomic E-state index is 11.5. The quantitative estimate of drug-likeness (QED) is 0.780. The highest BCUT2D eigenvalue weighted by molar-refractivity contribution is 5.72. The van der Waals surface area contributed by atoms with Crippen LogP contribution in [0.3, 0.4) is 0 Å². The van der Waals surface area contributed by atoms with Crippen molar-refractivity contribution in [2.75, 3.05) is 27.3 Å². The first kappa shape index (κ1) is 14.4. The zero-order valence-electron chi connectivity index (χ0n) is 11.8. The van der Waals surface area contributed by atoms with Crippen LogP contribution in [0.4, 0.5) is 0 Å². The van der Waals surface area contributed by atoms with E-state index in [2.05, 4.69) is 11.0 Å². The fourth-order valence-electron chi connectivity index (χ4n) is 2.53. The summed E-state index contributed by atoms with van der Waals surface area (Å²) >= 11 is 0. The molecule has 1 aromatic rings. The predicted molar refractivity (Wildman–Crippen MR) is 73.1 cm³/mol. The number of nitriles is 1. The van der Waals surface area contributed by atoms with Crippen LogP contribution in [-0.4, -0.2) is 38.2 Å². The number of nitrogens with zero attached hydrogens (tertiary/aromatic N) is 2. The molecule has 0 aliphatic carbocycles. The van der Waals surface area contributed by atoms with E-state index in [0.29, 0.717) is 17.9 Å². The Labute approximate surface area is 118 Å². The lowest BCUT2D eigenvalue weighted by Crippen LogP contribution is -2.23. The summed E-state index contributed by atoms with van der Waals surface area (Å²) in [5.74, 6) is 0.415. The number of rotatable bonds is 4. The Morgan fingerprint density at radius 2 is 2.30 bits per heavy atom. The van der Waals surface area contributed by atoms with Crippen LogP contribution in [-0.2, 0) is 16.1 Å². The van der Waals surface area contributed by atoms with Crippen LogP contribution in [0.15, 0.2) is 18.2 Å². The molecule has 5 heteroatoms. The molecule has 1 atom stereocenters. The lowest BCUT2D eigenvalue weighted by atomic mass is 10.1. The first-order valence-corrected chi connectivity index (χ1v) is 6.55. The lowest BCUT2D eigenvalue weighted by molar-refractivity contribution is -0.144. The molecule has 0 aromatic heterocycles. The standard InChI is InChI=1S/C15H18N2O3/c1-19-14-4-3-11(7-13(14)8-16)9-17-6-5-12(10-17)15(18)20-2/h3-4,7,12H,5-6,9-10H2,1-2H3. The first-order chi connectivity index (χ1) is 9.67. The van der Waals surface area contributed by atoms with Gasteiger partial charge in [-0.3, -0.25) is 9.69 Å². The SMILES string of the molecule is COC(=O)C1CCN(Cc2ccc(OC)c(C#N)c2)C1. The average molecular weight is 274 g/mol. The van der Waals surface area contributed by atoms with Gasteiger partial charge in [0.1, 0.15) is 11.8 Å². The first-order valence-electron chi connectivity index (χ1n) is 6.55. The zero-order chi connectivity index (χ0) is 14.5. The van der Waals surface area contributed by atoms with Crippen LogP contribution < -0.4 is 4.74 Å². The van der Waals surface area contributed by atoms with Gasteiger partial charge < -0.3 is 9.47 Å². The maximum Gasteiger partial charge on any atom is 0.310 e. The van der Waals surface area contributed by atoms with Gasteiger partial charge in [0.2, 0.25) is 0 Å². The molecule has 1 saturated heterocycles. The number of hydrogen-bond donors (Lipinski definition) is 0. The Bertz CT molecular complexity index is 536. The van der Waals surface area contributed by atoms with Crippen molar-refractivity contribution >= 4 is 5.97 Å². The number of carbonyl (C=O) groups excluding carboxylic acids is 1. The fraction of sp³-hybridized carbons (Fsp3) is 0.467. The van der Waals surface area contributed by atoms with E-state index in [0.717, 1.165) is 25.1 Å². The second-order valence-electron chi connectivity index (χ2n) is 4.89. The van der Waals surface area contributed by atoms with E-state index in [-0.39, 0.29) is 11.9 Å². The Kier molecular flexibility index (Phi) is 4.59. The highest BCUT2D eigenvalue weighted by atomic mass is 16.5. The predicted octanol–water partition coefficient (Wildman–Crippen LogP) is 1.56. The molecule has 0 amide bonds. The van der Waals surface area contributed by atoms with Gasteiger partial charge in [-0.15, -0.1) is 0 Å². The highest BCUT2D eigenvalue weighted by Crippen LogP contribution is 2.23. The largest absolute Gasteiger partial charge is 0.495 e. The van der Waals surface area contributed by atoms with Gasteiger partial charge in [0.25, 0.3) is 0 Å². The van der Waals surface area contributed by atoms with Gasteiger partial charge in [0, 0.05) is 13.1 Å². The van der Waals surface area contributed by atoms with E-state index in [9.17, 15) is 4.79 Å². The molecular weight excluding hydrogens is 256 g/mol. The zero-order valence-corrected chi connectivity index (χ0v) is 11.8. The molecule has 1 fully saturated rings. The minimum atomic E-state index is -0.139. The Morgan fingerprint density at radius 1 is 1.50 bits per heavy atom. The minimum Gasteiger partial charge on any atom is -0.495 e. The average Bonchev–Trinajstić information content (AvgIpc) is 2.94. The van der Waals surface area contributed by atoms with Crippen LogP contribution in [0.2, 0.25) is 0 Å². The van der Waals surface area contributed by atoms with E-state index < -0.39 is 0 Å². The van der Waals surface area contributed by atoms with E-state index in [1.54, 1.807) is 7.11 Å². The van der Waals surface area contributed by atoms with Crippen LogP contribution in [0.5, 0.6) is 5.75 Å². The van der Waals surface area contributed by atoms with Gasteiger partial charge in [-0.2, -0.15) is 5.26 Å². The van der Waals surface area contributed by atoms with Gasteiger partial charge in [-0.25, -0.2) is 0 Å². The van der Waals surface area contributed by atoms with E-state index in [1.165, 1.54) is 7.11 Å². The Hall–Kier alpha value is -2.06. The normalized spacial score (nSPS) is 18.6. The lowest BCUT2D eigenvalue weighted by Gasteiger charge is -2.16. The molecule has 0 radical (unpaired) electrons. The van der Waals surface area contributed by atoms with Crippen molar-refractivity contribution in [3.05, 3.63) is 29.3 Å². The summed E-state index contributed by atoms with van der Waals surface area (Å²) in [6.07, 6.45) is 0.827. The third kappa shape index (κ3) is 3.09. The van der Waals surface area contributed by atoms with Crippen LogP contribution >= 0.6 is 0 Å². The number of benzene rings is 1. The summed E-state index contributed by atoms with van der Waals surface area (Å²) in [5, 5.41) is 9.08. The maximum atomic E-state index is 11.5. The smallest absolute Gasteiger partial charge is 0.310 e. The number of ether oxygens (including phenoxy) is 2. The van der Waals surface area contributed by atoms with Crippen molar-refractivity contribution in [2.24, 2.45) is 5.92 Å². The van der Waals surface area contributed by atoms with E-state index in [4.69, 9.17) is 14.7 Å². The summed E-state index contributed by atoms with van der Waals surface area (Å²) < 4.78 is 9.90. The molecule has 1 heterocycles. The minimum absolute atomic E-state index is 0.0336. The van der Waals surface area contributed by atoms with Crippen molar-refractivity contribution in [3.63, 3.8) is 0 Å². The molecule has 106 valence electrons. The van der Waals surface area contributed by atoms with Crippen LogP contribution in [0, 0.1) is 17.2 Å². The molecule has 0 saturated carbocycles. The second-order valence-corrected chi connectivity index (χ2v) is 4.89. The number of methoxy groups -OCH3 is 2. The monoisotopic (exact) mass is 274 g/mol. The van der Waals surface area contributed by atoms with Gasteiger partial charge >= 0.3 is 5.97 Å². The Morgan fingerprint density at radius 3 is 2.95 bits per heavy atom. The van der Waals surface area contributed by atoms with Crippen molar-refractivity contribution in [3.8, 4) is 11.8 Å². The summed E-state index contributed by atoms with van der Waals surface area (Å²) in [4.78, 5) is 13.7. The Balaban J connectivity index is 2.01. The molecule has 20 heavy (non-hydrogen) atoms. The van der Waals surface area contributed by atoms with Gasteiger partial charge in [0.15, 0.2) is 0 Å². The summed E-state index contributed by atoms with van der Waals surface area (Å²) in [5.41, 5.74) is 1.58. The van der Waals surface area contributed by atoms with Crippen LogP contribution in [0.25, 0.3) is 0 Å². The molecule has 1 unspecified atom stereocenters. The number of carbonyl (C=O) groups is 1. The van der Waals surface area contributed by atoms with Gasteiger partial charge in [-0.05, 0) is 30.7 Å². The highest BCUT2D eigenvalue weighted by Gasteiger charge is 2.28. The molecule has 0 N–H and O–H groups in total. The molecule has 5 nitrogen and oxygen atoms in total. The van der Waals surface area contributed by atoms with Crippen molar-refractivity contribution in [1.82, 2.24) is 4.90 Å². The molecule has 1 aliphatic rings. The molecule has 2 rings (SSSR count). The number of likely N-dealkylation sites (tertiary alicyclic amines) is 1. The third-order valence-corrected chi connectivity index (χ3v) is 3.60. The summed E-state index contributed by atoms with van der Waals surface area (Å²) in [6.45, 7) is 2.31.